The molecule has 1 heterocycles. The molecule has 0 aliphatic heterocycles. The summed E-state index contributed by atoms with van der Waals surface area (Å²) in [6.07, 6.45) is 9.52. The van der Waals surface area contributed by atoms with Crippen molar-refractivity contribution in [2.24, 2.45) is 0 Å². The lowest BCUT2D eigenvalue weighted by Crippen LogP contribution is -2.19. The van der Waals surface area contributed by atoms with Crippen LogP contribution >= 0.6 is 0 Å². The third-order valence-corrected chi connectivity index (χ3v) is 3.23. The predicted molar refractivity (Wildman–Crippen MR) is 71.1 cm³/mol. The Morgan fingerprint density at radius 3 is 2.50 bits per heavy atom. The van der Waals surface area contributed by atoms with E-state index in [-0.39, 0.29) is 0 Å². The lowest BCUT2D eigenvalue weighted by Gasteiger charge is -2.17. The number of aryl methyl sites for hydroxylation is 1. The van der Waals surface area contributed by atoms with Gasteiger partial charge in [0.25, 0.3) is 0 Å². The van der Waals surface area contributed by atoms with Gasteiger partial charge in [0.15, 0.2) is 6.19 Å². The van der Waals surface area contributed by atoms with Crippen LogP contribution in [0.3, 0.4) is 0 Å². The molecule has 1 fully saturated rings. The maximum absolute atomic E-state index is 8.62. The van der Waals surface area contributed by atoms with Crippen molar-refractivity contribution >= 4 is 11.6 Å². The number of hydrogen-bond donors (Lipinski definition) is 2. The first-order valence-corrected chi connectivity index (χ1v) is 6.55. The molecule has 1 aliphatic carbocycles. The third kappa shape index (κ3) is 3.59. The highest BCUT2D eigenvalue weighted by atomic mass is 15.1. The molecule has 5 heteroatoms. The van der Waals surface area contributed by atoms with E-state index in [1.54, 1.807) is 6.07 Å². The zero-order valence-corrected chi connectivity index (χ0v) is 10.7. The normalized spacial score (nSPS) is 16.7. The molecule has 2 rings (SSSR count). The Hall–Kier alpha value is -1.83. The average Bonchev–Trinajstić information content (AvgIpc) is 2.57. The highest BCUT2D eigenvalue weighted by molar-refractivity contribution is 5.49. The smallest absolute Gasteiger partial charge is 0.182 e. The molecule has 1 saturated carbocycles. The van der Waals surface area contributed by atoms with Crippen LogP contribution in [0.2, 0.25) is 0 Å². The van der Waals surface area contributed by atoms with Crippen LogP contribution in [0, 0.1) is 18.4 Å². The standard InChI is InChI=1S/C13H19N5/c1-10-16-12(15-9-14)8-13(17-10)18-11-6-4-2-3-5-7-11/h8,11H,2-7H2,1H3,(H2,15,16,17,18). The van der Waals surface area contributed by atoms with Crippen LogP contribution in [-0.4, -0.2) is 16.0 Å². The third-order valence-electron chi connectivity index (χ3n) is 3.23. The van der Waals surface area contributed by atoms with Gasteiger partial charge >= 0.3 is 0 Å². The fraction of sp³-hybridized carbons (Fsp3) is 0.615. The first kappa shape index (κ1) is 12.6. The van der Waals surface area contributed by atoms with Gasteiger partial charge < -0.3 is 5.32 Å². The Balaban J connectivity index is 2.05. The van der Waals surface area contributed by atoms with Gasteiger partial charge in [0.05, 0.1) is 0 Å². The van der Waals surface area contributed by atoms with Crippen molar-refractivity contribution in [2.75, 3.05) is 10.6 Å². The molecule has 1 aromatic rings. The molecule has 1 aliphatic rings. The number of nitriles is 1. The number of anilines is 2. The minimum absolute atomic E-state index is 0.497. The van der Waals surface area contributed by atoms with E-state index in [1.807, 2.05) is 13.1 Å². The van der Waals surface area contributed by atoms with Gasteiger partial charge in [-0.2, -0.15) is 5.26 Å². The van der Waals surface area contributed by atoms with Crippen LogP contribution in [0.1, 0.15) is 44.3 Å². The molecule has 0 aromatic carbocycles. The van der Waals surface area contributed by atoms with Crippen molar-refractivity contribution in [2.45, 2.75) is 51.5 Å². The minimum Gasteiger partial charge on any atom is -0.367 e. The Kier molecular flexibility index (Phi) is 4.35. The summed E-state index contributed by atoms with van der Waals surface area (Å²) in [5.41, 5.74) is 0. The summed E-state index contributed by atoms with van der Waals surface area (Å²) in [4.78, 5) is 8.52. The molecule has 96 valence electrons. The molecule has 0 saturated heterocycles. The summed E-state index contributed by atoms with van der Waals surface area (Å²) in [5, 5.41) is 14.6. The van der Waals surface area contributed by atoms with Gasteiger partial charge in [-0.3, -0.25) is 5.32 Å². The Morgan fingerprint density at radius 2 is 1.83 bits per heavy atom. The van der Waals surface area contributed by atoms with Crippen LogP contribution < -0.4 is 10.6 Å². The number of hydrogen-bond acceptors (Lipinski definition) is 5. The SMILES string of the molecule is Cc1nc(NC#N)cc(NC2CCCCCC2)n1. The quantitative estimate of drug-likeness (QED) is 0.486. The summed E-state index contributed by atoms with van der Waals surface area (Å²) in [5.74, 6) is 2.04. The average molecular weight is 245 g/mol. The second-order valence-corrected chi connectivity index (χ2v) is 4.76. The van der Waals surface area contributed by atoms with Crippen LogP contribution in [0.5, 0.6) is 0 Å². The number of nitrogens with zero attached hydrogens (tertiary/aromatic N) is 3. The Labute approximate surface area is 108 Å². The second kappa shape index (κ2) is 6.20. The molecule has 0 unspecified atom stereocenters. The van der Waals surface area contributed by atoms with Crippen molar-refractivity contribution in [3.05, 3.63) is 11.9 Å². The summed E-state index contributed by atoms with van der Waals surface area (Å²) in [6.45, 7) is 1.83. The van der Waals surface area contributed by atoms with E-state index in [4.69, 9.17) is 5.26 Å². The predicted octanol–water partition coefficient (Wildman–Crippen LogP) is 2.81. The Morgan fingerprint density at radius 1 is 1.17 bits per heavy atom. The lowest BCUT2D eigenvalue weighted by atomic mass is 10.1. The van der Waals surface area contributed by atoms with E-state index in [0.29, 0.717) is 17.7 Å². The topological polar surface area (TPSA) is 73.6 Å². The lowest BCUT2D eigenvalue weighted by molar-refractivity contribution is 0.617. The van der Waals surface area contributed by atoms with Crippen molar-refractivity contribution in [1.29, 1.82) is 5.26 Å². The van der Waals surface area contributed by atoms with Gasteiger partial charge in [0, 0.05) is 12.1 Å². The van der Waals surface area contributed by atoms with E-state index < -0.39 is 0 Å². The molecule has 0 radical (unpaired) electrons. The van der Waals surface area contributed by atoms with Crippen LogP contribution in [-0.2, 0) is 0 Å². The second-order valence-electron chi connectivity index (χ2n) is 4.76. The number of rotatable bonds is 3. The van der Waals surface area contributed by atoms with E-state index in [0.717, 1.165) is 5.82 Å². The monoisotopic (exact) mass is 245 g/mol. The fourth-order valence-electron chi connectivity index (χ4n) is 2.40. The van der Waals surface area contributed by atoms with E-state index in [1.165, 1.54) is 38.5 Å². The van der Waals surface area contributed by atoms with Gasteiger partial charge in [0.1, 0.15) is 17.5 Å². The molecule has 0 spiro atoms. The van der Waals surface area contributed by atoms with E-state index in [2.05, 4.69) is 20.6 Å². The van der Waals surface area contributed by atoms with Crippen LogP contribution in [0.15, 0.2) is 6.07 Å². The zero-order valence-electron chi connectivity index (χ0n) is 10.7. The first-order chi connectivity index (χ1) is 8.78. The summed E-state index contributed by atoms with van der Waals surface area (Å²) >= 11 is 0. The number of aromatic nitrogens is 2. The molecular weight excluding hydrogens is 226 g/mol. The van der Waals surface area contributed by atoms with Gasteiger partial charge in [-0.25, -0.2) is 9.97 Å². The first-order valence-electron chi connectivity index (χ1n) is 6.55. The fourth-order valence-corrected chi connectivity index (χ4v) is 2.40. The van der Waals surface area contributed by atoms with Crippen LogP contribution in [0.25, 0.3) is 0 Å². The highest BCUT2D eigenvalue weighted by Gasteiger charge is 2.13. The molecule has 0 amide bonds. The maximum Gasteiger partial charge on any atom is 0.182 e. The van der Waals surface area contributed by atoms with Gasteiger partial charge in [-0.1, -0.05) is 25.7 Å². The van der Waals surface area contributed by atoms with Crippen molar-refractivity contribution in [3.8, 4) is 6.19 Å². The van der Waals surface area contributed by atoms with Gasteiger partial charge in [0.2, 0.25) is 0 Å². The largest absolute Gasteiger partial charge is 0.367 e. The molecular formula is C13H19N5. The van der Waals surface area contributed by atoms with E-state index >= 15 is 0 Å². The number of nitrogens with one attached hydrogen (secondary N) is 2. The van der Waals surface area contributed by atoms with Crippen molar-refractivity contribution < 1.29 is 0 Å². The van der Waals surface area contributed by atoms with Crippen LogP contribution in [0.4, 0.5) is 11.6 Å². The van der Waals surface area contributed by atoms with Gasteiger partial charge in [-0.15, -0.1) is 0 Å². The summed E-state index contributed by atoms with van der Waals surface area (Å²) < 4.78 is 0. The molecule has 1 aromatic heterocycles. The zero-order chi connectivity index (χ0) is 12.8. The highest BCUT2D eigenvalue weighted by Crippen LogP contribution is 2.21. The summed E-state index contributed by atoms with van der Waals surface area (Å²) in [6, 6.07) is 2.29. The molecule has 18 heavy (non-hydrogen) atoms. The van der Waals surface area contributed by atoms with Crippen molar-refractivity contribution in [1.82, 2.24) is 9.97 Å². The molecule has 2 N–H and O–H groups in total. The minimum atomic E-state index is 0.497. The molecule has 0 bridgehead atoms. The maximum atomic E-state index is 8.62. The molecule has 0 atom stereocenters. The van der Waals surface area contributed by atoms with Gasteiger partial charge in [-0.05, 0) is 19.8 Å². The molecule has 5 nitrogen and oxygen atoms in total. The summed E-state index contributed by atoms with van der Waals surface area (Å²) in [7, 11) is 0. The van der Waals surface area contributed by atoms with E-state index in [9.17, 15) is 0 Å². The Bertz CT molecular complexity index is 429. The van der Waals surface area contributed by atoms with Crippen molar-refractivity contribution in [3.63, 3.8) is 0 Å².